The molecule has 0 unspecified atom stereocenters. The smallest absolute Gasteiger partial charge is 0.236 e. The molecule has 3 aliphatic rings. The number of nitrogens with zero attached hydrogens (tertiary/aromatic N) is 3. The fraction of sp³-hybridized carbons (Fsp3) is 0.900. The minimum atomic E-state index is 0. The van der Waals surface area contributed by atoms with Gasteiger partial charge in [0.15, 0.2) is 0 Å². The standard InChI is InChI=1S/C20H36N4O2.2ClH/c1-22(17-7-3-2-4-8-17)19(25)15-23-10-12-24(13-11-23)20(26)18-9-5-6-16(18)14-21;;/h16-18H,2-15,21H2,1H3;2*1H/t16-,18-;;/m1../s1. The predicted molar refractivity (Wildman–Crippen MR) is 117 cm³/mol. The molecule has 0 bridgehead atoms. The highest BCUT2D eigenvalue weighted by Crippen LogP contribution is 2.32. The van der Waals surface area contributed by atoms with Crippen LogP contribution in [0.2, 0.25) is 0 Å². The van der Waals surface area contributed by atoms with Crippen molar-refractivity contribution >= 4 is 36.6 Å². The van der Waals surface area contributed by atoms with Crippen molar-refractivity contribution in [3.8, 4) is 0 Å². The van der Waals surface area contributed by atoms with E-state index in [4.69, 9.17) is 5.73 Å². The number of piperazine rings is 1. The highest BCUT2D eigenvalue weighted by Gasteiger charge is 2.36. The Morgan fingerprint density at radius 2 is 1.57 bits per heavy atom. The summed E-state index contributed by atoms with van der Waals surface area (Å²) in [5.74, 6) is 1.02. The van der Waals surface area contributed by atoms with Crippen molar-refractivity contribution in [2.24, 2.45) is 17.6 Å². The lowest BCUT2D eigenvalue weighted by Crippen LogP contribution is -2.53. The average molecular weight is 437 g/mol. The molecule has 28 heavy (non-hydrogen) atoms. The normalized spacial score (nSPS) is 26.3. The first-order chi connectivity index (χ1) is 12.6. The molecule has 6 nitrogen and oxygen atoms in total. The van der Waals surface area contributed by atoms with Crippen molar-refractivity contribution in [3.05, 3.63) is 0 Å². The van der Waals surface area contributed by atoms with Crippen LogP contribution in [0.5, 0.6) is 0 Å². The second kappa shape index (κ2) is 12.2. The lowest BCUT2D eigenvalue weighted by molar-refractivity contribution is -0.139. The van der Waals surface area contributed by atoms with E-state index in [0.717, 1.165) is 58.3 Å². The van der Waals surface area contributed by atoms with Crippen LogP contribution in [0.1, 0.15) is 51.4 Å². The highest BCUT2D eigenvalue weighted by atomic mass is 35.5. The second-order valence-corrected chi connectivity index (χ2v) is 8.43. The summed E-state index contributed by atoms with van der Waals surface area (Å²) in [6, 6.07) is 0.426. The summed E-state index contributed by atoms with van der Waals surface area (Å²) in [6.07, 6.45) is 9.30. The number of amides is 2. The SMILES string of the molecule is CN(C(=O)CN1CCN(C(=O)[C@@H]2CCC[C@@H]2CN)CC1)C1CCCCC1.Cl.Cl. The third-order valence-electron chi connectivity index (χ3n) is 6.84. The Bertz CT molecular complexity index is 495. The van der Waals surface area contributed by atoms with E-state index in [1.165, 1.54) is 19.3 Å². The van der Waals surface area contributed by atoms with Crippen LogP contribution in [0, 0.1) is 11.8 Å². The van der Waals surface area contributed by atoms with Gasteiger partial charge in [-0.25, -0.2) is 0 Å². The molecule has 2 N–H and O–H groups in total. The molecule has 2 atom stereocenters. The summed E-state index contributed by atoms with van der Waals surface area (Å²) in [6.45, 7) is 4.20. The Kier molecular flexibility index (Phi) is 11.1. The molecule has 0 aromatic heterocycles. The van der Waals surface area contributed by atoms with Crippen LogP contribution in [-0.2, 0) is 9.59 Å². The van der Waals surface area contributed by atoms with Crippen LogP contribution in [-0.4, -0.2) is 78.9 Å². The Hall–Kier alpha value is -0.560. The van der Waals surface area contributed by atoms with Gasteiger partial charge in [0.05, 0.1) is 6.54 Å². The van der Waals surface area contributed by atoms with Crippen LogP contribution in [0.25, 0.3) is 0 Å². The maximum absolute atomic E-state index is 12.8. The van der Waals surface area contributed by atoms with Gasteiger partial charge in [-0.15, -0.1) is 24.8 Å². The first-order valence-electron chi connectivity index (χ1n) is 10.6. The Labute approximate surface area is 182 Å². The summed E-state index contributed by atoms with van der Waals surface area (Å²) in [7, 11) is 1.96. The van der Waals surface area contributed by atoms with Gasteiger partial charge in [-0.1, -0.05) is 25.7 Å². The fourth-order valence-electron chi connectivity index (χ4n) is 4.98. The summed E-state index contributed by atoms with van der Waals surface area (Å²) in [5, 5.41) is 0. The molecule has 1 saturated heterocycles. The van der Waals surface area contributed by atoms with E-state index in [1.54, 1.807) is 0 Å². The molecular weight excluding hydrogens is 399 g/mol. The second-order valence-electron chi connectivity index (χ2n) is 8.43. The largest absolute Gasteiger partial charge is 0.342 e. The summed E-state index contributed by atoms with van der Waals surface area (Å²) in [5.41, 5.74) is 5.84. The number of rotatable bonds is 5. The molecule has 164 valence electrons. The molecule has 2 saturated carbocycles. The monoisotopic (exact) mass is 436 g/mol. The zero-order valence-corrected chi connectivity index (χ0v) is 18.8. The minimum absolute atomic E-state index is 0. The van der Waals surface area contributed by atoms with Crippen LogP contribution in [0.3, 0.4) is 0 Å². The predicted octanol–water partition coefficient (Wildman–Crippen LogP) is 2.14. The van der Waals surface area contributed by atoms with Gasteiger partial charge < -0.3 is 15.5 Å². The van der Waals surface area contributed by atoms with Crippen LogP contribution in [0.4, 0.5) is 0 Å². The van der Waals surface area contributed by atoms with Crippen molar-refractivity contribution in [2.75, 3.05) is 46.3 Å². The fourth-order valence-corrected chi connectivity index (χ4v) is 4.98. The first-order valence-corrected chi connectivity index (χ1v) is 10.6. The van der Waals surface area contributed by atoms with Gasteiger partial charge >= 0.3 is 0 Å². The molecule has 1 heterocycles. The number of hydrogen-bond acceptors (Lipinski definition) is 4. The quantitative estimate of drug-likeness (QED) is 0.716. The molecular formula is C20H38Cl2N4O2. The van der Waals surface area contributed by atoms with E-state index >= 15 is 0 Å². The van der Waals surface area contributed by atoms with E-state index in [1.807, 2.05) is 16.8 Å². The molecule has 2 aliphatic carbocycles. The van der Waals surface area contributed by atoms with Gasteiger partial charge in [-0.05, 0) is 38.1 Å². The van der Waals surface area contributed by atoms with Gasteiger partial charge in [-0.3, -0.25) is 14.5 Å². The van der Waals surface area contributed by atoms with Crippen LogP contribution < -0.4 is 5.73 Å². The molecule has 0 spiro atoms. The number of nitrogens with two attached hydrogens (primary N) is 1. The first kappa shape index (κ1) is 25.5. The Morgan fingerprint density at radius 1 is 0.929 bits per heavy atom. The number of hydrogen-bond donors (Lipinski definition) is 1. The van der Waals surface area contributed by atoms with E-state index in [9.17, 15) is 9.59 Å². The van der Waals surface area contributed by atoms with Crippen LogP contribution >= 0.6 is 24.8 Å². The number of likely N-dealkylation sites (N-methyl/N-ethyl adjacent to an activating group) is 1. The van der Waals surface area contributed by atoms with Crippen molar-refractivity contribution in [3.63, 3.8) is 0 Å². The topological polar surface area (TPSA) is 69.9 Å². The Balaban J connectivity index is 0.00000196. The molecule has 1 aliphatic heterocycles. The highest BCUT2D eigenvalue weighted by molar-refractivity contribution is 5.85. The third kappa shape index (κ3) is 6.22. The maximum Gasteiger partial charge on any atom is 0.236 e. The number of carbonyl (C=O) groups is 2. The van der Waals surface area contributed by atoms with Crippen molar-refractivity contribution in [1.29, 1.82) is 0 Å². The van der Waals surface area contributed by atoms with Crippen molar-refractivity contribution in [1.82, 2.24) is 14.7 Å². The van der Waals surface area contributed by atoms with Gasteiger partial charge in [-0.2, -0.15) is 0 Å². The lowest BCUT2D eigenvalue weighted by atomic mass is 9.94. The van der Waals surface area contributed by atoms with Gasteiger partial charge in [0, 0.05) is 45.2 Å². The zero-order chi connectivity index (χ0) is 18.5. The molecule has 3 rings (SSSR count). The van der Waals surface area contributed by atoms with Gasteiger partial charge in [0.25, 0.3) is 0 Å². The lowest BCUT2D eigenvalue weighted by Gasteiger charge is -2.38. The Morgan fingerprint density at radius 3 is 2.18 bits per heavy atom. The van der Waals surface area contributed by atoms with Crippen molar-refractivity contribution < 1.29 is 9.59 Å². The number of carbonyl (C=O) groups excluding carboxylic acids is 2. The van der Waals surface area contributed by atoms with E-state index < -0.39 is 0 Å². The average Bonchev–Trinajstić information content (AvgIpc) is 3.17. The van der Waals surface area contributed by atoms with Crippen LogP contribution in [0.15, 0.2) is 0 Å². The third-order valence-corrected chi connectivity index (χ3v) is 6.84. The summed E-state index contributed by atoms with van der Waals surface area (Å²) in [4.78, 5) is 31.6. The molecule has 8 heteroatoms. The molecule has 3 fully saturated rings. The molecule has 0 radical (unpaired) electrons. The minimum Gasteiger partial charge on any atom is -0.342 e. The molecule has 2 amide bonds. The van der Waals surface area contributed by atoms with E-state index in [0.29, 0.717) is 31.0 Å². The van der Waals surface area contributed by atoms with E-state index in [2.05, 4.69) is 4.90 Å². The summed E-state index contributed by atoms with van der Waals surface area (Å²) < 4.78 is 0. The number of halogens is 2. The molecule has 0 aromatic rings. The summed E-state index contributed by atoms with van der Waals surface area (Å²) >= 11 is 0. The van der Waals surface area contributed by atoms with Gasteiger partial charge in [0.1, 0.15) is 0 Å². The van der Waals surface area contributed by atoms with Gasteiger partial charge in [0.2, 0.25) is 11.8 Å². The maximum atomic E-state index is 12.8. The zero-order valence-electron chi connectivity index (χ0n) is 17.2. The molecule has 0 aromatic carbocycles. The van der Waals surface area contributed by atoms with Crippen molar-refractivity contribution in [2.45, 2.75) is 57.4 Å². The van der Waals surface area contributed by atoms with E-state index in [-0.39, 0.29) is 36.6 Å².